The number of hydrogen-bond acceptors (Lipinski definition) is 17. The van der Waals surface area contributed by atoms with E-state index in [2.05, 4.69) is 226 Å². The van der Waals surface area contributed by atoms with Crippen molar-refractivity contribution in [1.82, 2.24) is 59.8 Å². The summed E-state index contributed by atoms with van der Waals surface area (Å²) >= 11 is 29.5. The van der Waals surface area contributed by atoms with Gasteiger partial charge >= 0.3 is 11.4 Å². The first kappa shape index (κ1) is 78.3. The van der Waals surface area contributed by atoms with Gasteiger partial charge in [0.25, 0.3) is 0 Å². The van der Waals surface area contributed by atoms with Crippen molar-refractivity contribution >= 4 is 224 Å². The number of hydrogen-bond donors (Lipinski definition) is 6. The number of nitro groups is 2. The SMILES string of the molecule is Brc1cccc(-n2nnc3cccnc32)c1.Brc1cccc2[nH]c3ncccc3c12.Brc1cccc2[nH]c3ncccc3c12.Brc1cccc2c1-c1cccnc1C2.Nc1cccc(Br)c1.Nc1cccnc1Nc1cccc(Br)c1.O=[N+]([O-])c1cccnc1Cl.O=[N+]([O-])c1cccnc1Nc1cccc(Br)c1. The van der Waals surface area contributed by atoms with Crippen molar-refractivity contribution in [2.24, 2.45) is 0 Å². The lowest BCUT2D eigenvalue weighted by Gasteiger charge is -2.07. The number of nitrogen functional groups attached to an aromatic ring is 2. The Labute approximate surface area is 680 Å². The van der Waals surface area contributed by atoms with Gasteiger partial charge in [0.15, 0.2) is 11.5 Å². The van der Waals surface area contributed by atoms with E-state index in [1.807, 2.05) is 164 Å². The molecular formula is C78H56Br7ClN18O4. The molecule has 0 unspecified atom stereocenters. The summed E-state index contributed by atoms with van der Waals surface area (Å²) in [6.45, 7) is 0. The molecule has 8 N–H and O–H groups in total. The minimum Gasteiger partial charge on any atom is -0.399 e. The maximum atomic E-state index is 10.8. The molecule has 10 heterocycles. The average Bonchev–Trinajstić information content (AvgIpc) is 1.63. The molecule has 0 amide bonds. The van der Waals surface area contributed by atoms with Crippen LogP contribution in [-0.2, 0) is 6.42 Å². The third-order valence-electron chi connectivity index (χ3n) is 15.3. The Morgan fingerprint density at radius 3 is 1.50 bits per heavy atom. The number of nitrogens with two attached hydrogens (primary N) is 2. The smallest absolute Gasteiger partial charge is 0.311 e. The molecular weight excluding hydrogens is 1850 g/mol. The van der Waals surface area contributed by atoms with E-state index in [0.29, 0.717) is 11.5 Å². The first-order chi connectivity index (χ1) is 52.3. The summed E-state index contributed by atoms with van der Waals surface area (Å²) in [5.74, 6) is 0.909. The second-order valence-corrected chi connectivity index (χ2v) is 29.2. The Balaban J connectivity index is 0.000000124. The Hall–Kier alpha value is -10.8. The number of pyridine rings is 7. The standard InChI is InChI=1S/C12H8BrN.C11H7BrN4.C11H8BrN3O2.C11H10BrN3.2C11H7BrN2.C6H6BrN.C5H3ClN2O2/c13-10-5-1-3-8-7-11-9(12(8)10)4-2-6-14-11;12-8-3-1-4-9(7-8)16-11-10(14-15-16)5-2-6-13-11;12-8-3-1-4-9(7-8)14-11-10(15(16)17)5-2-6-13-11;12-8-3-1-4-9(7-8)15-11-10(13)5-2-6-14-11;2*12-8-4-1-5-9-10(8)7-3-2-6-13-11(7)14-9;7-5-2-1-3-6(8)4-5;6-5-4(8(9)10)2-1-3-7-5/h1-6H,7H2;1-7H;1-7H,(H,13,14);1-7H,13H2,(H,14,15);2*1-6H,(H,13,14);1-4H,8H2;1-3H. The van der Waals surface area contributed by atoms with E-state index >= 15 is 0 Å². The van der Waals surface area contributed by atoms with Crippen molar-refractivity contribution in [2.75, 3.05) is 22.1 Å². The lowest BCUT2D eigenvalue weighted by molar-refractivity contribution is -0.385. The summed E-state index contributed by atoms with van der Waals surface area (Å²) in [6.07, 6.45) is 12.8. The predicted octanol–water partition coefficient (Wildman–Crippen LogP) is 23.3. The fourth-order valence-electron chi connectivity index (χ4n) is 10.6. The Morgan fingerprint density at radius 1 is 0.454 bits per heavy atom. The van der Waals surface area contributed by atoms with Crippen LogP contribution in [0.5, 0.6) is 0 Å². The van der Waals surface area contributed by atoms with Gasteiger partial charge in [0.2, 0.25) is 11.0 Å². The monoisotopic (exact) mass is 1900 g/mol. The zero-order chi connectivity index (χ0) is 76.1. The maximum Gasteiger partial charge on any atom is 0.311 e. The van der Waals surface area contributed by atoms with Crippen molar-refractivity contribution < 1.29 is 9.85 Å². The molecule has 0 aliphatic heterocycles. The fraction of sp³-hybridized carbons (Fsp3) is 0.0128. The van der Waals surface area contributed by atoms with Gasteiger partial charge in [-0.05, 0) is 175 Å². The number of anilines is 6. The highest BCUT2D eigenvalue weighted by Gasteiger charge is 2.21. The summed E-state index contributed by atoms with van der Waals surface area (Å²) in [7, 11) is 0. The van der Waals surface area contributed by atoms with Gasteiger partial charge in [-0.2, -0.15) is 4.68 Å². The normalized spacial score (nSPS) is 10.6. The van der Waals surface area contributed by atoms with E-state index in [9.17, 15) is 20.2 Å². The Kier molecular flexibility index (Phi) is 27.7. The van der Waals surface area contributed by atoms with Crippen LogP contribution in [0.1, 0.15) is 11.3 Å². The lowest BCUT2D eigenvalue weighted by atomic mass is 10.1. The van der Waals surface area contributed by atoms with Crippen LogP contribution in [0.4, 0.5) is 45.8 Å². The number of rotatable bonds is 7. The molecule has 0 saturated carbocycles. The first-order valence-corrected chi connectivity index (χ1v) is 38.1. The molecule has 0 bridgehead atoms. The number of nitrogens with one attached hydrogen (secondary N) is 4. The van der Waals surface area contributed by atoms with Gasteiger partial charge in [-0.3, -0.25) is 25.2 Å². The van der Waals surface area contributed by atoms with Crippen molar-refractivity contribution in [3.05, 3.63) is 348 Å². The third kappa shape index (κ3) is 20.9. The fourth-order valence-corrected chi connectivity index (χ4v) is 14.2. The van der Waals surface area contributed by atoms with Crippen LogP contribution in [0.3, 0.4) is 0 Å². The molecule has 18 rings (SSSR count). The number of aromatic nitrogens is 12. The summed E-state index contributed by atoms with van der Waals surface area (Å²) in [6, 6.07) is 74.4. The number of benzene rings is 7. The van der Waals surface area contributed by atoms with Crippen LogP contribution in [-0.4, -0.2) is 69.7 Å². The largest absolute Gasteiger partial charge is 0.399 e. The molecule has 7 aromatic carbocycles. The molecule has 17 aromatic rings. The zero-order valence-corrected chi connectivity index (χ0v) is 67.8. The van der Waals surface area contributed by atoms with E-state index in [-0.39, 0.29) is 22.3 Å². The number of fused-ring (bicyclic) bond motifs is 10. The van der Waals surface area contributed by atoms with Crippen molar-refractivity contribution in [1.29, 1.82) is 0 Å². The van der Waals surface area contributed by atoms with Gasteiger partial charge in [0.1, 0.15) is 16.8 Å². The Morgan fingerprint density at radius 2 is 0.935 bits per heavy atom. The number of H-pyrrole nitrogens is 2. The molecule has 538 valence electrons. The van der Waals surface area contributed by atoms with Crippen molar-refractivity contribution in [3.63, 3.8) is 0 Å². The number of halogens is 8. The highest BCUT2D eigenvalue weighted by Crippen LogP contribution is 2.40. The van der Waals surface area contributed by atoms with Crippen molar-refractivity contribution in [2.45, 2.75) is 6.42 Å². The van der Waals surface area contributed by atoms with E-state index < -0.39 is 9.85 Å². The number of aromatic amines is 2. The summed E-state index contributed by atoms with van der Waals surface area (Å²) in [5, 5.41) is 39.8. The van der Waals surface area contributed by atoms with Gasteiger partial charge < -0.3 is 32.1 Å². The molecule has 10 aromatic heterocycles. The zero-order valence-electron chi connectivity index (χ0n) is 55.9. The first-order valence-electron chi connectivity index (χ1n) is 32.1. The maximum absolute atomic E-state index is 10.8. The van der Waals surface area contributed by atoms with E-state index in [1.54, 1.807) is 35.5 Å². The number of nitrogens with zero attached hydrogens (tertiary/aromatic N) is 12. The summed E-state index contributed by atoms with van der Waals surface area (Å²) in [4.78, 5) is 55.3. The van der Waals surface area contributed by atoms with Crippen LogP contribution in [0.25, 0.3) is 71.9 Å². The summed E-state index contributed by atoms with van der Waals surface area (Å²) < 4.78 is 9.04. The Bertz CT molecular complexity index is 5870. The highest BCUT2D eigenvalue weighted by molar-refractivity contribution is 9.11. The second-order valence-electron chi connectivity index (χ2n) is 22.6. The van der Waals surface area contributed by atoms with Crippen LogP contribution in [0.15, 0.2) is 311 Å². The molecule has 30 heteroatoms. The third-order valence-corrected chi connectivity index (χ3v) is 19.6. The highest BCUT2D eigenvalue weighted by atomic mass is 79.9. The van der Waals surface area contributed by atoms with Crippen LogP contribution in [0.2, 0.25) is 5.15 Å². The minimum atomic E-state index is -0.574. The van der Waals surface area contributed by atoms with Gasteiger partial charge in [0, 0.05) is 154 Å². The average molecular weight is 1900 g/mol. The van der Waals surface area contributed by atoms with Gasteiger partial charge in [-0.1, -0.05) is 183 Å². The van der Waals surface area contributed by atoms with Crippen LogP contribution >= 0.6 is 123 Å². The molecule has 0 saturated heterocycles. The van der Waals surface area contributed by atoms with E-state index in [0.717, 1.165) is 100 Å². The van der Waals surface area contributed by atoms with Crippen LogP contribution in [0, 0.1) is 20.2 Å². The van der Waals surface area contributed by atoms with Crippen LogP contribution < -0.4 is 22.1 Å². The topological polar surface area (TPSA) is 315 Å². The van der Waals surface area contributed by atoms with Gasteiger partial charge in [-0.15, -0.1) is 5.10 Å². The molecule has 1 aliphatic rings. The quantitative estimate of drug-likeness (QED) is 0.0374. The molecule has 0 spiro atoms. The molecule has 0 radical (unpaired) electrons. The molecule has 22 nitrogen and oxygen atoms in total. The van der Waals surface area contributed by atoms with E-state index in [4.69, 9.17) is 23.1 Å². The van der Waals surface area contributed by atoms with Gasteiger partial charge in [0.05, 0.1) is 26.9 Å². The second kappa shape index (κ2) is 38.2. The predicted molar refractivity (Wildman–Crippen MR) is 456 cm³/mol. The minimum absolute atomic E-state index is 0.0486. The summed E-state index contributed by atoms with van der Waals surface area (Å²) in [5.41, 5.74) is 25.9. The van der Waals surface area contributed by atoms with Crippen molar-refractivity contribution in [3.8, 4) is 16.8 Å². The van der Waals surface area contributed by atoms with E-state index in [1.165, 1.54) is 74.3 Å². The molecule has 108 heavy (non-hydrogen) atoms. The lowest BCUT2D eigenvalue weighted by Crippen LogP contribution is -1.98. The molecule has 0 fully saturated rings. The molecule has 0 atom stereocenters. The molecule has 1 aliphatic carbocycles. The van der Waals surface area contributed by atoms with Gasteiger partial charge in [-0.25, -0.2) is 29.9 Å².